The molecule has 0 bridgehead atoms. The van der Waals surface area contributed by atoms with E-state index < -0.39 is 23.9 Å². The average molecular weight is 375 g/mol. The Hall–Kier alpha value is -2.25. The van der Waals surface area contributed by atoms with Gasteiger partial charge in [-0.3, -0.25) is 20.4 Å². The Morgan fingerprint density at radius 3 is 2.54 bits per heavy atom. The highest BCUT2D eigenvalue weighted by Gasteiger charge is 2.16. The summed E-state index contributed by atoms with van der Waals surface area (Å²) in [7, 11) is 0. The van der Waals surface area contributed by atoms with Crippen LogP contribution in [0.15, 0.2) is 30.4 Å². The Balaban J connectivity index is 2.46. The summed E-state index contributed by atoms with van der Waals surface area (Å²) in [5.41, 5.74) is 4.26. The lowest BCUT2D eigenvalue weighted by atomic mass is 10.3. The first-order valence-corrected chi connectivity index (χ1v) is 7.65. The van der Waals surface area contributed by atoms with Gasteiger partial charge in [-0.1, -0.05) is 23.2 Å². The van der Waals surface area contributed by atoms with Gasteiger partial charge in [0, 0.05) is 17.2 Å². The second kappa shape index (κ2) is 9.79. The summed E-state index contributed by atoms with van der Waals surface area (Å²) in [6.07, 6.45) is 0.941. The van der Waals surface area contributed by atoms with Crippen LogP contribution in [-0.4, -0.2) is 30.5 Å². The molecule has 1 aromatic rings. The number of hydrazine groups is 1. The van der Waals surface area contributed by atoms with E-state index in [1.165, 1.54) is 19.1 Å². The molecule has 2 amide bonds. The first-order valence-electron chi connectivity index (χ1n) is 6.89. The zero-order chi connectivity index (χ0) is 18.1. The Kier molecular flexibility index (Phi) is 8.08. The molecule has 1 atom stereocenters. The third-order valence-corrected chi connectivity index (χ3v) is 3.06. The van der Waals surface area contributed by atoms with Crippen molar-refractivity contribution in [1.82, 2.24) is 10.9 Å². The van der Waals surface area contributed by atoms with Gasteiger partial charge in [-0.05, 0) is 32.0 Å². The standard InChI is InChI=1S/C15H16Cl2N2O5/c1-3-23-14(21)7-6-13(20)18-19-15(22)9(2)24-12-5-4-10(16)8-11(12)17/h4-9H,3H2,1-2H3,(H,18,20)(H,19,22)/b7-6+. The number of hydrogen-bond acceptors (Lipinski definition) is 5. The van der Waals surface area contributed by atoms with Gasteiger partial charge in [-0.25, -0.2) is 4.79 Å². The van der Waals surface area contributed by atoms with Gasteiger partial charge in [-0.2, -0.15) is 0 Å². The Morgan fingerprint density at radius 1 is 1.21 bits per heavy atom. The largest absolute Gasteiger partial charge is 0.479 e. The molecule has 7 nitrogen and oxygen atoms in total. The molecule has 24 heavy (non-hydrogen) atoms. The first-order chi connectivity index (χ1) is 11.3. The van der Waals surface area contributed by atoms with E-state index in [4.69, 9.17) is 27.9 Å². The molecule has 1 rings (SSSR count). The van der Waals surface area contributed by atoms with Crippen molar-refractivity contribution in [2.75, 3.05) is 6.61 Å². The van der Waals surface area contributed by atoms with Gasteiger partial charge in [-0.15, -0.1) is 0 Å². The van der Waals surface area contributed by atoms with Gasteiger partial charge in [0.1, 0.15) is 5.75 Å². The minimum Gasteiger partial charge on any atom is -0.479 e. The fourth-order valence-corrected chi connectivity index (χ4v) is 1.87. The highest BCUT2D eigenvalue weighted by molar-refractivity contribution is 6.35. The maximum absolute atomic E-state index is 11.8. The Morgan fingerprint density at radius 2 is 1.92 bits per heavy atom. The number of ether oxygens (including phenoxy) is 2. The summed E-state index contributed by atoms with van der Waals surface area (Å²) < 4.78 is 9.99. The van der Waals surface area contributed by atoms with Crippen molar-refractivity contribution in [3.8, 4) is 5.75 Å². The number of esters is 1. The number of amides is 2. The maximum atomic E-state index is 11.8. The topological polar surface area (TPSA) is 93.7 Å². The van der Waals surface area contributed by atoms with Crippen LogP contribution in [0.3, 0.4) is 0 Å². The molecule has 2 N–H and O–H groups in total. The molecule has 0 fully saturated rings. The van der Waals surface area contributed by atoms with E-state index in [-0.39, 0.29) is 17.4 Å². The summed E-state index contributed by atoms with van der Waals surface area (Å²) >= 11 is 11.7. The molecule has 0 spiro atoms. The molecule has 9 heteroatoms. The second-order valence-corrected chi connectivity index (χ2v) is 5.24. The normalized spacial score (nSPS) is 11.7. The molecule has 0 radical (unpaired) electrons. The van der Waals surface area contributed by atoms with Crippen LogP contribution in [0.25, 0.3) is 0 Å². The molecular formula is C15H16Cl2N2O5. The van der Waals surface area contributed by atoms with Crippen LogP contribution in [0.1, 0.15) is 13.8 Å². The molecule has 0 saturated carbocycles. The van der Waals surface area contributed by atoms with Crippen molar-refractivity contribution in [3.63, 3.8) is 0 Å². The monoisotopic (exact) mass is 374 g/mol. The summed E-state index contributed by atoms with van der Waals surface area (Å²) in [6, 6.07) is 4.56. The van der Waals surface area contributed by atoms with Crippen molar-refractivity contribution < 1.29 is 23.9 Å². The molecular weight excluding hydrogens is 359 g/mol. The van der Waals surface area contributed by atoms with Crippen LogP contribution in [0.2, 0.25) is 10.0 Å². The predicted molar refractivity (Wildman–Crippen MR) is 88.6 cm³/mol. The molecule has 0 aliphatic carbocycles. The van der Waals surface area contributed by atoms with Crippen molar-refractivity contribution in [3.05, 3.63) is 40.4 Å². The quantitative estimate of drug-likeness (QED) is 0.451. The smallest absolute Gasteiger partial charge is 0.330 e. The Bertz CT molecular complexity index is 649. The lowest BCUT2D eigenvalue weighted by Gasteiger charge is -2.15. The van der Waals surface area contributed by atoms with Crippen LogP contribution in [0.5, 0.6) is 5.75 Å². The minimum absolute atomic E-state index is 0.198. The highest BCUT2D eigenvalue weighted by Crippen LogP contribution is 2.28. The summed E-state index contributed by atoms with van der Waals surface area (Å²) in [5.74, 6) is -1.70. The van der Waals surface area contributed by atoms with Gasteiger partial charge >= 0.3 is 5.97 Å². The predicted octanol–water partition coefficient (Wildman–Crippen LogP) is 2.03. The highest BCUT2D eigenvalue weighted by atomic mass is 35.5. The molecule has 130 valence electrons. The van der Waals surface area contributed by atoms with E-state index in [2.05, 4.69) is 15.6 Å². The van der Waals surface area contributed by atoms with E-state index in [0.717, 1.165) is 12.2 Å². The number of halogens is 2. The van der Waals surface area contributed by atoms with Crippen molar-refractivity contribution >= 4 is 41.0 Å². The molecule has 0 heterocycles. The molecule has 0 aliphatic rings. The molecule has 0 aromatic heterocycles. The van der Waals surface area contributed by atoms with Crippen LogP contribution in [0.4, 0.5) is 0 Å². The number of nitrogens with one attached hydrogen (secondary N) is 2. The van der Waals surface area contributed by atoms with E-state index in [1.54, 1.807) is 13.0 Å². The number of rotatable bonds is 6. The zero-order valence-electron chi connectivity index (χ0n) is 13.0. The number of carbonyl (C=O) groups excluding carboxylic acids is 3. The van der Waals surface area contributed by atoms with Gasteiger partial charge in [0.05, 0.1) is 11.6 Å². The van der Waals surface area contributed by atoms with E-state index in [9.17, 15) is 14.4 Å². The summed E-state index contributed by atoms with van der Waals surface area (Å²) in [4.78, 5) is 34.3. The molecule has 1 aromatic carbocycles. The van der Waals surface area contributed by atoms with E-state index in [0.29, 0.717) is 5.02 Å². The van der Waals surface area contributed by atoms with Gasteiger partial charge in [0.25, 0.3) is 11.8 Å². The third kappa shape index (κ3) is 6.89. The average Bonchev–Trinajstić information content (AvgIpc) is 2.53. The van der Waals surface area contributed by atoms with Gasteiger partial charge < -0.3 is 9.47 Å². The fraction of sp³-hybridized carbons (Fsp3) is 0.267. The molecule has 0 aliphatic heterocycles. The number of hydrogen-bond donors (Lipinski definition) is 2. The first kappa shape index (κ1) is 19.8. The molecule has 0 saturated heterocycles. The molecule has 1 unspecified atom stereocenters. The lowest BCUT2D eigenvalue weighted by molar-refractivity contribution is -0.137. The third-order valence-electron chi connectivity index (χ3n) is 2.53. The number of benzene rings is 1. The van der Waals surface area contributed by atoms with Crippen LogP contribution < -0.4 is 15.6 Å². The SMILES string of the molecule is CCOC(=O)/C=C/C(=O)NNC(=O)C(C)Oc1ccc(Cl)cc1Cl. The lowest BCUT2D eigenvalue weighted by Crippen LogP contribution is -2.46. The van der Waals surface area contributed by atoms with Crippen LogP contribution in [-0.2, 0) is 19.1 Å². The van der Waals surface area contributed by atoms with Crippen molar-refractivity contribution in [2.24, 2.45) is 0 Å². The van der Waals surface area contributed by atoms with Crippen LogP contribution in [0, 0.1) is 0 Å². The van der Waals surface area contributed by atoms with Crippen molar-refractivity contribution in [2.45, 2.75) is 20.0 Å². The second-order valence-electron chi connectivity index (χ2n) is 4.40. The van der Waals surface area contributed by atoms with Crippen molar-refractivity contribution in [1.29, 1.82) is 0 Å². The maximum Gasteiger partial charge on any atom is 0.330 e. The fourth-order valence-electron chi connectivity index (χ4n) is 1.42. The van der Waals surface area contributed by atoms with Gasteiger partial charge in [0.2, 0.25) is 0 Å². The van der Waals surface area contributed by atoms with E-state index >= 15 is 0 Å². The Labute approximate surface area is 148 Å². The summed E-state index contributed by atoms with van der Waals surface area (Å²) in [5, 5.41) is 0.689. The zero-order valence-corrected chi connectivity index (χ0v) is 14.5. The van der Waals surface area contributed by atoms with E-state index in [1.807, 2.05) is 0 Å². The van der Waals surface area contributed by atoms with Gasteiger partial charge in [0.15, 0.2) is 6.10 Å². The number of carbonyl (C=O) groups is 3. The summed E-state index contributed by atoms with van der Waals surface area (Å²) in [6.45, 7) is 3.31. The minimum atomic E-state index is -0.932. The van der Waals surface area contributed by atoms with Crippen LogP contribution >= 0.6 is 23.2 Å².